The lowest BCUT2D eigenvalue weighted by Gasteiger charge is -2.10. The molecule has 0 spiro atoms. The van der Waals surface area contributed by atoms with Crippen molar-refractivity contribution in [1.82, 2.24) is 9.97 Å². The van der Waals surface area contributed by atoms with Crippen LogP contribution < -0.4 is 10.1 Å². The summed E-state index contributed by atoms with van der Waals surface area (Å²) < 4.78 is 10.9. The van der Waals surface area contributed by atoms with Gasteiger partial charge in [-0.2, -0.15) is 0 Å². The lowest BCUT2D eigenvalue weighted by Crippen LogP contribution is -2.12. The van der Waals surface area contributed by atoms with Gasteiger partial charge in [-0.05, 0) is 13.3 Å². The summed E-state index contributed by atoms with van der Waals surface area (Å²) in [5, 5.41) is 3.12. The van der Waals surface area contributed by atoms with Crippen LogP contribution in [0.25, 0.3) is 0 Å². The highest BCUT2D eigenvalue weighted by Gasteiger charge is 2.16. The molecular weight excluding hydrogens is 206 g/mol. The molecule has 0 saturated carbocycles. The van der Waals surface area contributed by atoms with Crippen LogP contribution in [0.5, 0.6) is 5.88 Å². The van der Waals surface area contributed by atoms with Crippen molar-refractivity contribution in [2.45, 2.75) is 13.3 Å². The van der Waals surface area contributed by atoms with Crippen LogP contribution in [0, 0.1) is 5.92 Å². The van der Waals surface area contributed by atoms with E-state index in [0.29, 0.717) is 18.4 Å². The van der Waals surface area contributed by atoms with E-state index in [4.69, 9.17) is 9.47 Å². The first-order valence-electron chi connectivity index (χ1n) is 5.65. The van der Waals surface area contributed by atoms with Crippen molar-refractivity contribution in [3.63, 3.8) is 0 Å². The van der Waals surface area contributed by atoms with Crippen molar-refractivity contribution in [3.05, 3.63) is 12.4 Å². The smallest absolute Gasteiger partial charge is 0.218 e. The van der Waals surface area contributed by atoms with E-state index in [2.05, 4.69) is 15.3 Å². The van der Waals surface area contributed by atoms with Crippen LogP contribution in [-0.4, -0.2) is 36.3 Å². The molecule has 0 bridgehead atoms. The van der Waals surface area contributed by atoms with E-state index in [1.165, 1.54) is 6.33 Å². The standard InChI is InChI=1S/C11H17N3O2/c1-2-12-10-5-11(14-8-13-10)16-7-9-3-4-15-6-9/h5,8-9H,2-4,6-7H2,1H3,(H,12,13,14). The van der Waals surface area contributed by atoms with E-state index in [-0.39, 0.29) is 0 Å². The fourth-order valence-corrected chi connectivity index (χ4v) is 1.61. The van der Waals surface area contributed by atoms with E-state index in [1.54, 1.807) is 0 Å². The average Bonchev–Trinajstić information content (AvgIpc) is 2.80. The number of aromatic nitrogens is 2. The summed E-state index contributed by atoms with van der Waals surface area (Å²) >= 11 is 0. The van der Waals surface area contributed by atoms with Gasteiger partial charge in [-0.15, -0.1) is 0 Å². The fourth-order valence-electron chi connectivity index (χ4n) is 1.61. The number of hydrogen-bond acceptors (Lipinski definition) is 5. The first kappa shape index (κ1) is 11.1. The molecule has 0 aliphatic carbocycles. The number of hydrogen-bond donors (Lipinski definition) is 1. The Morgan fingerprint density at radius 3 is 3.25 bits per heavy atom. The van der Waals surface area contributed by atoms with Gasteiger partial charge in [0.1, 0.15) is 12.1 Å². The molecule has 5 heteroatoms. The molecular formula is C11H17N3O2. The van der Waals surface area contributed by atoms with Gasteiger partial charge in [0.15, 0.2) is 0 Å². The largest absolute Gasteiger partial charge is 0.477 e. The highest BCUT2D eigenvalue weighted by Crippen LogP contribution is 2.16. The minimum absolute atomic E-state index is 0.498. The Balaban J connectivity index is 1.85. The number of nitrogens with zero attached hydrogens (tertiary/aromatic N) is 2. The summed E-state index contributed by atoms with van der Waals surface area (Å²) in [6, 6.07) is 1.82. The minimum atomic E-state index is 0.498. The Labute approximate surface area is 95.2 Å². The second-order valence-corrected chi connectivity index (χ2v) is 3.81. The van der Waals surface area contributed by atoms with Gasteiger partial charge in [-0.25, -0.2) is 9.97 Å². The average molecular weight is 223 g/mol. The van der Waals surface area contributed by atoms with Gasteiger partial charge in [0.25, 0.3) is 0 Å². The van der Waals surface area contributed by atoms with Crippen molar-refractivity contribution in [2.75, 3.05) is 31.7 Å². The zero-order valence-electron chi connectivity index (χ0n) is 9.48. The molecule has 5 nitrogen and oxygen atoms in total. The van der Waals surface area contributed by atoms with Crippen LogP contribution >= 0.6 is 0 Å². The van der Waals surface area contributed by atoms with Crippen molar-refractivity contribution in [3.8, 4) is 5.88 Å². The van der Waals surface area contributed by atoms with E-state index in [1.807, 2.05) is 13.0 Å². The maximum Gasteiger partial charge on any atom is 0.218 e. The van der Waals surface area contributed by atoms with E-state index >= 15 is 0 Å². The van der Waals surface area contributed by atoms with Gasteiger partial charge in [0.2, 0.25) is 5.88 Å². The second-order valence-electron chi connectivity index (χ2n) is 3.81. The normalized spacial score (nSPS) is 19.7. The van der Waals surface area contributed by atoms with Crippen molar-refractivity contribution >= 4 is 5.82 Å². The maximum absolute atomic E-state index is 5.61. The van der Waals surface area contributed by atoms with Gasteiger partial charge in [0.05, 0.1) is 13.2 Å². The topological polar surface area (TPSA) is 56.3 Å². The van der Waals surface area contributed by atoms with Crippen LogP contribution in [-0.2, 0) is 4.74 Å². The molecule has 1 fully saturated rings. The van der Waals surface area contributed by atoms with Crippen molar-refractivity contribution in [1.29, 1.82) is 0 Å². The molecule has 88 valence electrons. The highest BCUT2D eigenvalue weighted by atomic mass is 16.5. The third kappa shape index (κ3) is 3.06. The number of ether oxygens (including phenoxy) is 2. The molecule has 1 aliphatic heterocycles. The minimum Gasteiger partial charge on any atom is -0.477 e. The molecule has 1 aromatic rings. The molecule has 1 atom stereocenters. The molecule has 1 unspecified atom stereocenters. The monoisotopic (exact) mass is 223 g/mol. The first-order valence-corrected chi connectivity index (χ1v) is 5.65. The summed E-state index contributed by atoms with van der Waals surface area (Å²) in [5.41, 5.74) is 0. The van der Waals surface area contributed by atoms with E-state index in [0.717, 1.165) is 32.0 Å². The molecule has 16 heavy (non-hydrogen) atoms. The van der Waals surface area contributed by atoms with Gasteiger partial charge >= 0.3 is 0 Å². The summed E-state index contributed by atoms with van der Waals surface area (Å²) in [6.45, 7) is 5.18. The van der Waals surface area contributed by atoms with Gasteiger partial charge in [-0.3, -0.25) is 0 Å². The maximum atomic E-state index is 5.61. The van der Waals surface area contributed by atoms with Crippen molar-refractivity contribution in [2.24, 2.45) is 5.92 Å². The summed E-state index contributed by atoms with van der Waals surface area (Å²) in [5.74, 6) is 1.92. The Hall–Kier alpha value is -1.36. The second kappa shape index (κ2) is 5.65. The lowest BCUT2D eigenvalue weighted by atomic mass is 10.1. The van der Waals surface area contributed by atoms with Gasteiger partial charge in [0, 0.05) is 25.1 Å². The fraction of sp³-hybridized carbons (Fsp3) is 0.636. The lowest BCUT2D eigenvalue weighted by molar-refractivity contribution is 0.165. The summed E-state index contributed by atoms with van der Waals surface area (Å²) in [6.07, 6.45) is 2.59. The van der Waals surface area contributed by atoms with Gasteiger partial charge in [-0.1, -0.05) is 0 Å². The zero-order chi connectivity index (χ0) is 11.2. The summed E-state index contributed by atoms with van der Waals surface area (Å²) in [4.78, 5) is 8.15. The Morgan fingerprint density at radius 2 is 2.50 bits per heavy atom. The van der Waals surface area contributed by atoms with E-state index in [9.17, 15) is 0 Å². The number of anilines is 1. The molecule has 2 rings (SSSR count). The third-order valence-electron chi connectivity index (χ3n) is 2.49. The Bertz CT molecular complexity index is 327. The highest BCUT2D eigenvalue weighted by molar-refractivity contribution is 5.36. The molecule has 1 aromatic heterocycles. The molecule has 0 aromatic carbocycles. The van der Waals surface area contributed by atoms with Crippen LogP contribution in [0.15, 0.2) is 12.4 Å². The van der Waals surface area contributed by atoms with Crippen LogP contribution in [0.4, 0.5) is 5.82 Å². The third-order valence-corrected chi connectivity index (χ3v) is 2.49. The first-order chi connectivity index (χ1) is 7.88. The van der Waals surface area contributed by atoms with Crippen LogP contribution in [0.2, 0.25) is 0 Å². The number of rotatable bonds is 5. The molecule has 2 heterocycles. The Kier molecular flexibility index (Phi) is 3.93. The molecule has 1 N–H and O–H groups in total. The zero-order valence-corrected chi connectivity index (χ0v) is 9.48. The van der Waals surface area contributed by atoms with Crippen LogP contribution in [0.3, 0.4) is 0 Å². The van der Waals surface area contributed by atoms with Crippen molar-refractivity contribution < 1.29 is 9.47 Å². The number of nitrogens with one attached hydrogen (secondary N) is 1. The molecule has 1 aliphatic rings. The van der Waals surface area contributed by atoms with E-state index < -0.39 is 0 Å². The predicted octanol–water partition coefficient (Wildman–Crippen LogP) is 1.32. The quantitative estimate of drug-likeness (QED) is 0.816. The summed E-state index contributed by atoms with van der Waals surface area (Å²) in [7, 11) is 0. The molecule has 0 radical (unpaired) electrons. The Morgan fingerprint density at radius 1 is 1.56 bits per heavy atom. The van der Waals surface area contributed by atoms with Crippen LogP contribution in [0.1, 0.15) is 13.3 Å². The van der Waals surface area contributed by atoms with Gasteiger partial charge < -0.3 is 14.8 Å². The SMILES string of the molecule is CCNc1cc(OCC2CCOC2)ncn1. The molecule has 0 amide bonds. The predicted molar refractivity (Wildman–Crippen MR) is 60.6 cm³/mol. The molecule has 1 saturated heterocycles.